The second kappa shape index (κ2) is 3.96. The van der Waals surface area contributed by atoms with Gasteiger partial charge >= 0.3 is 0 Å². The van der Waals surface area contributed by atoms with Crippen LogP contribution in [0.15, 0.2) is 36.7 Å². The number of rotatable bonds is 2. The van der Waals surface area contributed by atoms with Crippen LogP contribution in [-0.2, 0) is 0 Å². The summed E-state index contributed by atoms with van der Waals surface area (Å²) in [5, 5.41) is 2.69. The minimum atomic E-state index is -0.184. The summed E-state index contributed by atoms with van der Waals surface area (Å²) in [6.07, 6.45) is 3.42. The van der Waals surface area contributed by atoms with E-state index < -0.39 is 0 Å². The highest BCUT2D eigenvalue weighted by molar-refractivity contribution is 6.02. The van der Waals surface area contributed by atoms with Crippen LogP contribution in [0.25, 0.3) is 0 Å². The molecule has 4 nitrogen and oxygen atoms in total. The molecule has 0 radical (unpaired) electrons. The number of H-pyrrole nitrogens is 1. The summed E-state index contributed by atoms with van der Waals surface area (Å²) < 4.78 is 0. The van der Waals surface area contributed by atoms with E-state index in [4.69, 9.17) is 0 Å². The maximum absolute atomic E-state index is 11.6. The van der Waals surface area contributed by atoms with Gasteiger partial charge in [0.2, 0.25) is 0 Å². The highest BCUT2D eigenvalue weighted by atomic mass is 16.1. The third-order valence-corrected chi connectivity index (χ3v) is 2.00. The van der Waals surface area contributed by atoms with Gasteiger partial charge in [-0.3, -0.25) is 4.79 Å². The Kier molecular flexibility index (Phi) is 2.49. The molecule has 0 aliphatic heterocycles. The molecule has 0 atom stereocenters. The van der Waals surface area contributed by atoms with E-state index in [2.05, 4.69) is 15.3 Å². The normalized spacial score (nSPS) is 9.93. The standard InChI is InChI=1S/C11H11N3O/c1-8-4-5-10(13-7-8)14-11(15)9-3-2-6-12-9/h2-7,12H,1H3,(H,13,14,15). The molecule has 0 fully saturated rings. The molecule has 76 valence electrons. The lowest BCUT2D eigenvalue weighted by Crippen LogP contribution is -2.13. The van der Waals surface area contributed by atoms with Crippen molar-refractivity contribution in [1.29, 1.82) is 0 Å². The lowest BCUT2D eigenvalue weighted by molar-refractivity contribution is 0.102. The number of nitrogens with one attached hydrogen (secondary N) is 2. The Hall–Kier alpha value is -2.10. The third-order valence-electron chi connectivity index (χ3n) is 2.00. The van der Waals surface area contributed by atoms with E-state index in [1.54, 1.807) is 30.6 Å². The molecule has 1 amide bonds. The third kappa shape index (κ3) is 2.22. The number of aromatic nitrogens is 2. The van der Waals surface area contributed by atoms with Crippen molar-refractivity contribution in [2.24, 2.45) is 0 Å². The SMILES string of the molecule is Cc1ccc(NC(=O)c2ccc[nH]2)nc1. The Morgan fingerprint density at radius 1 is 1.40 bits per heavy atom. The molecular weight excluding hydrogens is 190 g/mol. The van der Waals surface area contributed by atoms with E-state index >= 15 is 0 Å². The summed E-state index contributed by atoms with van der Waals surface area (Å²) in [7, 11) is 0. The average Bonchev–Trinajstić information content (AvgIpc) is 2.74. The van der Waals surface area contributed by atoms with Crippen LogP contribution in [0.2, 0.25) is 0 Å². The molecule has 2 rings (SSSR count). The molecule has 15 heavy (non-hydrogen) atoms. The van der Waals surface area contributed by atoms with Gasteiger partial charge < -0.3 is 10.3 Å². The highest BCUT2D eigenvalue weighted by Gasteiger charge is 2.06. The van der Waals surface area contributed by atoms with Crippen LogP contribution in [0.3, 0.4) is 0 Å². The van der Waals surface area contributed by atoms with Crippen LogP contribution < -0.4 is 5.32 Å². The predicted octanol–water partition coefficient (Wildman–Crippen LogP) is 1.97. The summed E-state index contributed by atoms with van der Waals surface area (Å²) in [6.45, 7) is 1.95. The van der Waals surface area contributed by atoms with Crippen molar-refractivity contribution in [3.05, 3.63) is 47.9 Å². The van der Waals surface area contributed by atoms with E-state index in [0.717, 1.165) is 5.56 Å². The number of hydrogen-bond donors (Lipinski definition) is 2. The summed E-state index contributed by atoms with van der Waals surface area (Å²) in [6, 6.07) is 7.16. The molecule has 0 saturated carbocycles. The maximum Gasteiger partial charge on any atom is 0.273 e. The lowest BCUT2D eigenvalue weighted by Gasteiger charge is -2.02. The van der Waals surface area contributed by atoms with Crippen LogP contribution in [-0.4, -0.2) is 15.9 Å². The fourth-order valence-corrected chi connectivity index (χ4v) is 1.20. The fraction of sp³-hybridized carbons (Fsp3) is 0.0909. The molecule has 0 unspecified atom stereocenters. The molecule has 2 aromatic heterocycles. The molecule has 0 aromatic carbocycles. The van der Waals surface area contributed by atoms with Crippen LogP contribution >= 0.6 is 0 Å². The molecular formula is C11H11N3O. The Morgan fingerprint density at radius 2 is 2.27 bits per heavy atom. The minimum absolute atomic E-state index is 0.184. The lowest BCUT2D eigenvalue weighted by atomic mass is 10.3. The first kappa shape index (κ1) is 9.45. The van der Waals surface area contributed by atoms with Crippen molar-refractivity contribution in [2.75, 3.05) is 5.32 Å². The number of pyridine rings is 1. The van der Waals surface area contributed by atoms with Crippen molar-refractivity contribution < 1.29 is 4.79 Å². The largest absolute Gasteiger partial charge is 0.357 e. The van der Waals surface area contributed by atoms with Crippen LogP contribution in [0.5, 0.6) is 0 Å². The molecule has 0 aliphatic rings. The van der Waals surface area contributed by atoms with Gasteiger partial charge in [0.1, 0.15) is 11.5 Å². The van der Waals surface area contributed by atoms with Crippen molar-refractivity contribution in [1.82, 2.24) is 9.97 Å². The topological polar surface area (TPSA) is 57.8 Å². The monoisotopic (exact) mass is 201 g/mol. The quantitative estimate of drug-likeness (QED) is 0.780. The first-order valence-electron chi connectivity index (χ1n) is 4.63. The second-order valence-electron chi connectivity index (χ2n) is 3.26. The Bertz CT molecular complexity index is 445. The van der Waals surface area contributed by atoms with Crippen LogP contribution in [0.4, 0.5) is 5.82 Å². The molecule has 0 bridgehead atoms. The second-order valence-corrected chi connectivity index (χ2v) is 3.26. The van der Waals surface area contributed by atoms with E-state index in [1.807, 2.05) is 13.0 Å². The van der Waals surface area contributed by atoms with Gasteiger partial charge in [0.25, 0.3) is 5.91 Å². The van der Waals surface area contributed by atoms with Crippen molar-refractivity contribution in [3.8, 4) is 0 Å². The number of aromatic amines is 1. The molecule has 2 heterocycles. The number of hydrogen-bond acceptors (Lipinski definition) is 2. The zero-order valence-electron chi connectivity index (χ0n) is 8.32. The number of anilines is 1. The predicted molar refractivity (Wildman–Crippen MR) is 57.7 cm³/mol. The van der Waals surface area contributed by atoms with E-state index in [1.165, 1.54) is 0 Å². The van der Waals surface area contributed by atoms with Gasteiger partial charge in [0.05, 0.1) is 0 Å². The molecule has 0 aliphatic carbocycles. The summed E-state index contributed by atoms with van der Waals surface area (Å²) in [5.74, 6) is 0.372. The number of carbonyl (C=O) groups is 1. The van der Waals surface area contributed by atoms with Crippen molar-refractivity contribution >= 4 is 11.7 Å². The van der Waals surface area contributed by atoms with Gasteiger partial charge in [-0.15, -0.1) is 0 Å². The molecule has 0 saturated heterocycles. The first-order valence-corrected chi connectivity index (χ1v) is 4.63. The maximum atomic E-state index is 11.6. The highest BCUT2D eigenvalue weighted by Crippen LogP contribution is 2.05. The van der Waals surface area contributed by atoms with Gasteiger partial charge in [-0.1, -0.05) is 6.07 Å². The van der Waals surface area contributed by atoms with Crippen molar-refractivity contribution in [3.63, 3.8) is 0 Å². The molecule has 2 N–H and O–H groups in total. The van der Waals surface area contributed by atoms with Gasteiger partial charge in [-0.05, 0) is 30.7 Å². The molecule has 4 heteroatoms. The Morgan fingerprint density at radius 3 is 2.87 bits per heavy atom. The number of aryl methyl sites for hydroxylation is 1. The van der Waals surface area contributed by atoms with E-state index in [9.17, 15) is 4.79 Å². The fourth-order valence-electron chi connectivity index (χ4n) is 1.20. The number of nitrogens with zero attached hydrogens (tertiary/aromatic N) is 1. The van der Waals surface area contributed by atoms with E-state index in [0.29, 0.717) is 11.5 Å². The Balaban J connectivity index is 2.09. The average molecular weight is 201 g/mol. The smallest absolute Gasteiger partial charge is 0.273 e. The first-order chi connectivity index (χ1) is 7.25. The summed E-state index contributed by atoms with van der Waals surface area (Å²) in [5.41, 5.74) is 1.59. The van der Waals surface area contributed by atoms with Gasteiger partial charge in [0.15, 0.2) is 0 Å². The summed E-state index contributed by atoms with van der Waals surface area (Å²) in [4.78, 5) is 18.5. The van der Waals surface area contributed by atoms with Gasteiger partial charge in [-0.25, -0.2) is 4.98 Å². The molecule has 2 aromatic rings. The van der Waals surface area contributed by atoms with Crippen LogP contribution in [0.1, 0.15) is 16.1 Å². The van der Waals surface area contributed by atoms with Crippen LogP contribution in [0, 0.1) is 6.92 Å². The van der Waals surface area contributed by atoms with E-state index in [-0.39, 0.29) is 5.91 Å². The summed E-state index contributed by atoms with van der Waals surface area (Å²) >= 11 is 0. The minimum Gasteiger partial charge on any atom is -0.357 e. The van der Waals surface area contributed by atoms with Crippen molar-refractivity contribution in [2.45, 2.75) is 6.92 Å². The van der Waals surface area contributed by atoms with Gasteiger partial charge in [-0.2, -0.15) is 0 Å². The zero-order valence-corrected chi connectivity index (χ0v) is 8.32. The number of amides is 1. The number of carbonyl (C=O) groups excluding carboxylic acids is 1. The Labute approximate surface area is 87.4 Å². The van der Waals surface area contributed by atoms with Gasteiger partial charge in [0, 0.05) is 12.4 Å². The zero-order chi connectivity index (χ0) is 10.7. The molecule has 0 spiro atoms.